The van der Waals surface area contributed by atoms with Crippen molar-refractivity contribution >= 4 is 12.1 Å². The number of carbonyl (C=O) groups is 1. The molecule has 0 bridgehead atoms. The Kier molecular flexibility index (Phi) is 6.22. The molecular formula is C24H24N2O2. The van der Waals surface area contributed by atoms with E-state index in [4.69, 9.17) is 4.74 Å². The van der Waals surface area contributed by atoms with E-state index in [0.717, 1.165) is 27.8 Å². The Morgan fingerprint density at radius 1 is 0.964 bits per heavy atom. The zero-order chi connectivity index (χ0) is 19.9. The summed E-state index contributed by atoms with van der Waals surface area (Å²) < 4.78 is 5.73. The summed E-state index contributed by atoms with van der Waals surface area (Å²) in [6, 6.07) is 21.8. The number of hydrazone groups is 1. The number of amides is 1. The molecule has 0 saturated carbocycles. The Morgan fingerprint density at radius 2 is 1.61 bits per heavy atom. The molecule has 3 rings (SSSR count). The van der Waals surface area contributed by atoms with Crippen molar-refractivity contribution in [2.45, 2.75) is 20.8 Å². The summed E-state index contributed by atoms with van der Waals surface area (Å²) in [5, 5.41) is 4.08. The zero-order valence-corrected chi connectivity index (χ0v) is 16.4. The summed E-state index contributed by atoms with van der Waals surface area (Å²) in [5.41, 5.74) is 9.01. The Morgan fingerprint density at radius 3 is 2.32 bits per heavy atom. The third-order valence-electron chi connectivity index (χ3n) is 4.45. The SMILES string of the molecule is Cc1cc(C)c(/C=N/NC(=O)COc2ccccc2-c2ccccc2)c(C)c1. The second-order valence-corrected chi connectivity index (χ2v) is 6.76. The zero-order valence-electron chi connectivity index (χ0n) is 16.4. The summed E-state index contributed by atoms with van der Waals surface area (Å²) in [6.07, 6.45) is 1.68. The topological polar surface area (TPSA) is 50.7 Å². The molecule has 142 valence electrons. The Labute approximate surface area is 165 Å². The normalized spacial score (nSPS) is 10.8. The predicted octanol–water partition coefficient (Wildman–Crippen LogP) is 4.81. The third-order valence-corrected chi connectivity index (χ3v) is 4.45. The van der Waals surface area contributed by atoms with E-state index in [2.05, 4.69) is 29.6 Å². The molecular weight excluding hydrogens is 348 g/mol. The lowest BCUT2D eigenvalue weighted by Gasteiger charge is -2.11. The van der Waals surface area contributed by atoms with Gasteiger partial charge in [-0.3, -0.25) is 4.79 Å². The molecule has 0 spiro atoms. The second kappa shape index (κ2) is 9.00. The van der Waals surface area contributed by atoms with E-state index in [9.17, 15) is 4.79 Å². The van der Waals surface area contributed by atoms with Crippen molar-refractivity contribution < 1.29 is 9.53 Å². The van der Waals surface area contributed by atoms with Crippen LogP contribution in [0.25, 0.3) is 11.1 Å². The van der Waals surface area contributed by atoms with Crippen LogP contribution in [-0.4, -0.2) is 18.7 Å². The van der Waals surface area contributed by atoms with Crippen molar-refractivity contribution in [3.05, 3.63) is 89.0 Å². The van der Waals surface area contributed by atoms with E-state index >= 15 is 0 Å². The van der Waals surface area contributed by atoms with Crippen molar-refractivity contribution in [2.24, 2.45) is 5.10 Å². The van der Waals surface area contributed by atoms with Crippen LogP contribution >= 0.6 is 0 Å². The number of ether oxygens (including phenoxy) is 1. The molecule has 3 aromatic carbocycles. The highest BCUT2D eigenvalue weighted by atomic mass is 16.5. The van der Waals surface area contributed by atoms with Gasteiger partial charge in [-0.15, -0.1) is 0 Å². The molecule has 28 heavy (non-hydrogen) atoms. The van der Waals surface area contributed by atoms with Crippen LogP contribution in [0.4, 0.5) is 0 Å². The highest BCUT2D eigenvalue weighted by Gasteiger charge is 2.08. The van der Waals surface area contributed by atoms with Crippen LogP contribution in [0.15, 0.2) is 71.8 Å². The van der Waals surface area contributed by atoms with Gasteiger partial charge in [-0.2, -0.15) is 5.10 Å². The van der Waals surface area contributed by atoms with Gasteiger partial charge in [-0.05, 0) is 43.5 Å². The van der Waals surface area contributed by atoms with Gasteiger partial charge in [-0.25, -0.2) is 5.43 Å². The number of hydrogen-bond acceptors (Lipinski definition) is 3. The quantitative estimate of drug-likeness (QED) is 0.499. The lowest BCUT2D eigenvalue weighted by Crippen LogP contribution is -2.24. The van der Waals surface area contributed by atoms with Gasteiger partial charge in [0.2, 0.25) is 0 Å². The van der Waals surface area contributed by atoms with Gasteiger partial charge in [-0.1, -0.05) is 66.2 Å². The van der Waals surface area contributed by atoms with Crippen LogP contribution in [0, 0.1) is 20.8 Å². The second-order valence-electron chi connectivity index (χ2n) is 6.76. The number of carbonyl (C=O) groups excluding carboxylic acids is 1. The average Bonchev–Trinajstić information content (AvgIpc) is 2.69. The molecule has 0 aliphatic carbocycles. The minimum absolute atomic E-state index is 0.104. The number of nitrogens with zero attached hydrogens (tertiary/aromatic N) is 1. The largest absolute Gasteiger partial charge is 0.483 e. The first-order chi connectivity index (χ1) is 13.5. The molecule has 3 aromatic rings. The number of rotatable bonds is 6. The smallest absolute Gasteiger partial charge is 0.277 e. The van der Waals surface area contributed by atoms with Crippen molar-refractivity contribution in [3.63, 3.8) is 0 Å². The van der Waals surface area contributed by atoms with Gasteiger partial charge in [0.1, 0.15) is 5.75 Å². The number of para-hydroxylation sites is 1. The fourth-order valence-electron chi connectivity index (χ4n) is 3.19. The Balaban J connectivity index is 1.62. The third kappa shape index (κ3) is 4.86. The summed E-state index contributed by atoms with van der Waals surface area (Å²) in [4.78, 5) is 12.1. The van der Waals surface area contributed by atoms with Crippen LogP contribution in [-0.2, 0) is 4.79 Å². The summed E-state index contributed by atoms with van der Waals surface area (Å²) in [6.45, 7) is 6.03. The molecule has 1 N–H and O–H groups in total. The molecule has 0 unspecified atom stereocenters. The van der Waals surface area contributed by atoms with E-state index in [-0.39, 0.29) is 12.5 Å². The minimum Gasteiger partial charge on any atom is -0.483 e. The first-order valence-electron chi connectivity index (χ1n) is 9.21. The lowest BCUT2D eigenvalue weighted by atomic mass is 10.0. The highest BCUT2D eigenvalue weighted by Crippen LogP contribution is 2.29. The van der Waals surface area contributed by atoms with E-state index in [1.54, 1.807) is 6.21 Å². The molecule has 0 aliphatic heterocycles. The van der Waals surface area contributed by atoms with E-state index in [1.807, 2.05) is 68.4 Å². The molecule has 1 amide bonds. The highest BCUT2D eigenvalue weighted by molar-refractivity contribution is 5.86. The number of hydrogen-bond donors (Lipinski definition) is 1. The van der Waals surface area contributed by atoms with Gasteiger partial charge >= 0.3 is 0 Å². The molecule has 0 saturated heterocycles. The first-order valence-corrected chi connectivity index (χ1v) is 9.21. The van der Waals surface area contributed by atoms with Crippen LogP contribution in [0.2, 0.25) is 0 Å². The minimum atomic E-state index is -0.304. The first kappa shape index (κ1) is 19.4. The van der Waals surface area contributed by atoms with Crippen molar-refractivity contribution in [3.8, 4) is 16.9 Å². The average molecular weight is 372 g/mol. The van der Waals surface area contributed by atoms with Crippen molar-refractivity contribution in [1.82, 2.24) is 5.43 Å². The molecule has 4 heteroatoms. The predicted molar refractivity (Wildman–Crippen MR) is 114 cm³/mol. The molecule has 0 radical (unpaired) electrons. The number of nitrogens with one attached hydrogen (secondary N) is 1. The summed E-state index contributed by atoms with van der Waals surface area (Å²) in [7, 11) is 0. The molecule has 4 nitrogen and oxygen atoms in total. The molecule has 0 aromatic heterocycles. The van der Waals surface area contributed by atoms with Crippen LogP contribution < -0.4 is 10.2 Å². The monoisotopic (exact) mass is 372 g/mol. The molecule has 0 heterocycles. The summed E-state index contributed by atoms with van der Waals surface area (Å²) >= 11 is 0. The lowest BCUT2D eigenvalue weighted by molar-refractivity contribution is -0.123. The maximum Gasteiger partial charge on any atom is 0.277 e. The molecule has 0 atom stereocenters. The molecule has 0 aliphatic rings. The van der Waals surface area contributed by atoms with E-state index < -0.39 is 0 Å². The maximum absolute atomic E-state index is 12.1. The van der Waals surface area contributed by atoms with Gasteiger partial charge in [0.05, 0.1) is 6.21 Å². The van der Waals surface area contributed by atoms with Crippen LogP contribution in [0.1, 0.15) is 22.3 Å². The van der Waals surface area contributed by atoms with Gasteiger partial charge in [0.25, 0.3) is 5.91 Å². The van der Waals surface area contributed by atoms with E-state index in [0.29, 0.717) is 5.75 Å². The van der Waals surface area contributed by atoms with Gasteiger partial charge in [0, 0.05) is 11.1 Å². The summed E-state index contributed by atoms with van der Waals surface area (Å²) in [5.74, 6) is 0.361. The van der Waals surface area contributed by atoms with E-state index in [1.165, 1.54) is 5.56 Å². The Bertz CT molecular complexity index is 971. The van der Waals surface area contributed by atoms with Gasteiger partial charge in [0.15, 0.2) is 6.61 Å². The number of benzene rings is 3. The fraction of sp³-hybridized carbons (Fsp3) is 0.167. The van der Waals surface area contributed by atoms with Crippen molar-refractivity contribution in [2.75, 3.05) is 6.61 Å². The standard InChI is InChI=1S/C24H24N2O2/c1-17-13-18(2)22(19(3)14-17)15-25-26-24(27)16-28-23-12-8-7-11-21(23)20-9-5-4-6-10-20/h4-15H,16H2,1-3H3,(H,26,27)/b25-15+. The maximum atomic E-state index is 12.1. The van der Waals surface area contributed by atoms with Crippen LogP contribution in [0.3, 0.4) is 0 Å². The Hall–Kier alpha value is -3.40. The van der Waals surface area contributed by atoms with Crippen molar-refractivity contribution in [1.29, 1.82) is 0 Å². The fourth-order valence-corrected chi connectivity index (χ4v) is 3.19. The van der Waals surface area contributed by atoms with Gasteiger partial charge < -0.3 is 4.74 Å². The molecule has 0 fully saturated rings. The van der Waals surface area contributed by atoms with Crippen LogP contribution in [0.5, 0.6) is 5.75 Å². The number of aryl methyl sites for hydroxylation is 3.